The van der Waals surface area contributed by atoms with Gasteiger partial charge < -0.3 is 15.5 Å². The Hall–Kier alpha value is -2.01. The van der Waals surface area contributed by atoms with Crippen LogP contribution in [-0.4, -0.2) is 47.9 Å². The predicted octanol–water partition coefficient (Wildman–Crippen LogP) is 1.21. The number of nitrogens with zero attached hydrogens (tertiary/aromatic N) is 4. The second-order valence-corrected chi connectivity index (χ2v) is 4.95. The highest BCUT2D eigenvalue weighted by atomic mass is 15.4. The lowest BCUT2D eigenvalue weighted by Crippen LogP contribution is -2.44. The van der Waals surface area contributed by atoms with Crippen LogP contribution in [0.4, 0.5) is 11.5 Å². The topological polar surface area (TPSA) is 50.3 Å². The largest absolute Gasteiger partial charge is 0.382 e. The van der Waals surface area contributed by atoms with E-state index in [1.54, 1.807) is 4.68 Å². The first-order chi connectivity index (χ1) is 9.25. The van der Waals surface area contributed by atoms with Crippen molar-refractivity contribution in [3.8, 4) is 5.69 Å². The Kier molecular flexibility index (Phi) is 3.13. The summed E-state index contributed by atoms with van der Waals surface area (Å²) in [5.74, 6) is 0.718. The molecule has 2 aromatic rings. The molecular weight excluding hydrogens is 238 g/mol. The maximum Gasteiger partial charge on any atom is 0.150 e. The minimum absolute atomic E-state index is 0.718. The van der Waals surface area contributed by atoms with Crippen LogP contribution in [0.15, 0.2) is 36.5 Å². The van der Waals surface area contributed by atoms with Crippen molar-refractivity contribution in [2.24, 2.45) is 0 Å². The van der Waals surface area contributed by atoms with Gasteiger partial charge in [-0.3, -0.25) is 0 Å². The number of aromatic nitrogens is 2. The van der Waals surface area contributed by atoms with Crippen LogP contribution in [0.5, 0.6) is 0 Å². The molecule has 2 heterocycles. The summed E-state index contributed by atoms with van der Waals surface area (Å²) in [7, 11) is 2.15. The van der Waals surface area contributed by atoms with E-state index in [-0.39, 0.29) is 0 Å². The van der Waals surface area contributed by atoms with E-state index in [0.29, 0.717) is 0 Å². The number of nitrogen functional groups attached to an aromatic ring is 1. The molecule has 1 aliphatic heterocycles. The quantitative estimate of drug-likeness (QED) is 0.878. The Morgan fingerprint density at radius 2 is 1.74 bits per heavy atom. The predicted molar refractivity (Wildman–Crippen MR) is 77.7 cm³/mol. The molecule has 0 radical (unpaired) electrons. The first kappa shape index (κ1) is 12.0. The summed E-state index contributed by atoms with van der Waals surface area (Å²) < 4.78 is 1.80. The molecule has 1 aromatic heterocycles. The summed E-state index contributed by atoms with van der Waals surface area (Å²) in [4.78, 5) is 4.64. The first-order valence-corrected chi connectivity index (χ1v) is 6.58. The molecule has 0 bridgehead atoms. The molecule has 5 heteroatoms. The van der Waals surface area contributed by atoms with Gasteiger partial charge in [0.2, 0.25) is 0 Å². The molecule has 0 amide bonds. The maximum atomic E-state index is 6.25. The van der Waals surface area contributed by atoms with Gasteiger partial charge in [-0.1, -0.05) is 18.2 Å². The first-order valence-electron chi connectivity index (χ1n) is 6.58. The van der Waals surface area contributed by atoms with Crippen molar-refractivity contribution in [1.82, 2.24) is 14.7 Å². The molecule has 1 aliphatic rings. The van der Waals surface area contributed by atoms with Crippen molar-refractivity contribution >= 4 is 11.5 Å². The summed E-state index contributed by atoms with van der Waals surface area (Å²) in [5.41, 5.74) is 8.29. The Morgan fingerprint density at radius 1 is 1.05 bits per heavy atom. The zero-order valence-electron chi connectivity index (χ0n) is 11.2. The van der Waals surface area contributed by atoms with Crippen LogP contribution in [0.25, 0.3) is 5.69 Å². The van der Waals surface area contributed by atoms with Crippen molar-refractivity contribution in [3.05, 3.63) is 36.5 Å². The second-order valence-electron chi connectivity index (χ2n) is 4.95. The monoisotopic (exact) mass is 257 g/mol. The number of hydrogen-bond donors (Lipinski definition) is 1. The normalized spacial score (nSPS) is 16.8. The number of rotatable bonds is 2. The second kappa shape index (κ2) is 4.93. The maximum absolute atomic E-state index is 6.25. The standard InChI is InChI=1S/C14H19N5/c1-17-7-9-18(10-8-17)13-11-16-19(14(13)15)12-5-3-2-4-6-12/h2-6,11H,7-10,15H2,1H3. The minimum atomic E-state index is 0.718. The van der Waals surface area contributed by atoms with Crippen molar-refractivity contribution in [2.45, 2.75) is 0 Å². The molecule has 0 aliphatic carbocycles. The van der Waals surface area contributed by atoms with E-state index in [1.165, 1.54) is 0 Å². The van der Waals surface area contributed by atoms with Crippen LogP contribution in [0.3, 0.4) is 0 Å². The summed E-state index contributed by atoms with van der Waals surface area (Å²) in [6.07, 6.45) is 1.87. The molecule has 0 unspecified atom stereocenters. The van der Waals surface area contributed by atoms with Crippen molar-refractivity contribution < 1.29 is 0 Å². The third-order valence-electron chi connectivity index (χ3n) is 3.63. The molecular formula is C14H19N5. The van der Waals surface area contributed by atoms with E-state index < -0.39 is 0 Å². The number of para-hydroxylation sites is 1. The average Bonchev–Trinajstić information content (AvgIpc) is 2.83. The van der Waals surface area contributed by atoms with Crippen molar-refractivity contribution in [1.29, 1.82) is 0 Å². The van der Waals surface area contributed by atoms with Crippen molar-refractivity contribution in [3.63, 3.8) is 0 Å². The summed E-state index contributed by atoms with van der Waals surface area (Å²) >= 11 is 0. The van der Waals surface area contributed by atoms with Crippen LogP contribution >= 0.6 is 0 Å². The van der Waals surface area contributed by atoms with E-state index >= 15 is 0 Å². The SMILES string of the molecule is CN1CCN(c2cnn(-c3ccccc3)c2N)CC1. The van der Waals surface area contributed by atoms with E-state index in [2.05, 4.69) is 21.9 Å². The fraction of sp³-hybridized carbons (Fsp3) is 0.357. The summed E-state index contributed by atoms with van der Waals surface area (Å²) in [6.45, 7) is 4.13. The summed E-state index contributed by atoms with van der Waals surface area (Å²) in [6, 6.07) is 10.00. The minimum Gasteiger partial charge on any atom is -0.382 e. The van der Waals surface area contributed by atoms with Gasteiger partial charge in [0.25, 0.3) is 0 Å². The Balaban J connectivity index is 1.87. The van der Waals surface area contributed by atoms with Gasteiger partial charge in [-0.2, -0.15) is 5.10 Å². The van der Waals surface area contributed by atoms with Gasteiger partial charge in [-0.15, -0.1) is 0 Å². The smallest absolute Gasteiger partial charge is 0.150 e. The highest BCUT2D eigenvalue weighted by molar-refractivity contribution is 5.65. The molecule has 0 spiro atoms. The molecule has 1 saturated heterocycles. The number of anilines is 2. The highest BCUT2D eigenvalue weighted by Gasteiger charge is 2.19. The zero-order chi connectivity index (χ0) is 13.2. The number of nitrogens with two attached hydrogens (primary N) is 1. The van der Waals surface area contributed by atoms with Gasteiger partial charge in [-0.25, -0.2) is 4.68 Å². The van der Waals surface area contributed by atoms with Crippen LogP contribution in [-0.2, 0) is 0 Å². The van der Waals surface area contributed by atoms with Gasteiger partial charge in [-0.05, 0) is 19.2 Å². The number of likely N-dealkylation sites (N-methyl/N-ethyl adjacent to an activating group) is 1. The van der Waals surface area contributed by atoms with Crippen LogP contribution < -0.4 is 10.6 Å². The lowest BCUT2D eigenvalue weighted by molar-refractivity contribution is 0.313. The molecule has 5 nitrogen and oxygen atoms in total. The molecule has 1 aromatic carbocycles. The lowest BCUT2D eigenvalue weighted by Gasteiger charge is -2.33. The van der Waals surface area contributed by atoms with E-state index in [4.69, 9.17) is 5.73 Å². The Labute approximate surface area is 113 Å². The fourth-order valence-electron chi connectivity index (χ4n) is 2.42. The van der Waals surface area contributed by atoms with Gasteiger partial charge in [0.15, 0.2) is 5.82 Å². The molecule has 2 N–H and O–H groups in total. The highest BCUT2D eigenvalue weighted by Crippen LogP contribution is 2.26. The molecule has 0 atom stereocenters. The molecule has 19 heavy (non-hydrogen) atoms. The van der Waals surface area contributed by atoms with E-state index in [1.807, 2.05) is 36.5 Å². The van der Waals surface area contributed by atoms with E-state index in [0.717, 1.165) is 43.4 Å². The van der Waals surface area contributed by atoms with E-state index in [9.17, 15) is 0 Å². The molecule has 100 valence electrons. The third kappa shape index (κ3) is 2.29. The van der Waals surface area contributed by atoms with Gasteiger partial charge in [0, 0.05) is 26.2 Å². The van der Waals surface area contributed by atoms with Crippen molar-refractivity contribution in [2.75, 3.05) is 43.9 Å². The van der Waals surface area contributed by atoms with Gasteiger partial charge >= 0.3 is 0 Å². The zero-order valence-corrected chi connectivity index (χ0v) is 11.2. The average molecular weight is 257 g/mol. The third-order valence-corrected chi connectivity index (χ3v) is 3.63. The van der Waals surface area contributed by atoms with Crippen LogP contribution in [0.2, 0.25) is 0 Å². The molecule has 0 saturated carbocycles. The fourth-order valence-corrected chi connectivity index (χ4v) is 2.42. The number of hydrogen-bond acceptors (Lipinski definition) is 4. The van der Waals surface area contributed by atoms with Gasteiger partial charge in [0.05, 0.1) is 11.9 Å². The molecule has 3 rings (SSSR count). The number of benzene rings is 1. The lowest BCUT2D eigenvalue weighted by atomic mass is 10.3. The van der Waals surface area contributed by atoms with Crippen LogP contribution in [0, 0.1) is 0 Å². The number of piperazine rings is 1. The Morgan fingerprint density at radius 3 is 2.42 bits per heavy atom. The van der Waals surface area contributed by atoms with Gasteiger partial charge in [0.1, 0.15) is 5.69 Å². The summed E-state index contributed by atoms with van der Waals surface area (Å²) in [5, 5.41) is 4.42. The van der Waals surface area contributed by atoms with Crippen LogP contribution in [0.1, 0.15) is 0 Å². The molecule has 1 fully saturated rings. The Bertz CT molecular complexity index is 540.